The number of Topliss-reactive ketones (excluding diaryl/α,β-unsaturated/α-hetero) is 1. The van der Waals surface area contributed by atoms with Crippen LogP contribution in [0.2, 0.25) is 0 Å². The van der Waals surface area contributed by atoms with Crippen LogP contribution in [0.1, 0.15) is 56.7 Å². The van der Waals surface area contributed by atoms with Gasteiger partial charge in [0.1, 0.15) is 0 Å². The summed E-state index contributed by atoms with van der Waals surface area (Å²) in [5.41, 5.74) is 4.82. The highest BCUT2D eigenvalue weighted by molar-refractivity contribution is 6.06. The molecule has 2 amide bonds. The third-order valence-electron chi connectivity index (χ3n) is 7.98. The highest BCUT2D eigenvalue weighted by Gasteiger charge is 2.43. The topological polar surface area (TPSA) is 91.0 Å². The minimum absolute atomic E-state index is 0.0440. The predicted octanol–water partition coefficient (Wildman–Crippen LogP) is 4.37. The summed E-state index contributed by atoms with van der Waals surface area (Å²) >= 11 is 0. The Morgan fingerprint density at radius 2 is 1.75 bits per heavy atom. The molecule has 0 saturated carbocycles. The van der Waals surface area contributed by atoms with Crippen LogP contribution in [-0.4, -0.2) is 61.9 Å². The number of para-hydroxylation sites is 2. The fraction of sp³-hybridized carbons (Fsp3) is 0.469. The maximum atomic E-state index is 14.1. The first-order valence-electron chi connectivity index (χ1n) is 14.3. The molecule has 8 heteroatoms. The van der Waals surface area contributed by atoms with Crippen molar-refractivity contribution >= 4 is 29.0 Å². The number of ketones is 1. The van der Waals surface area contributed by atoms with Crippen LogP contribution in [-0.2, 0) is 19.1 Å². The second kappa shape index (κ2) is 11.9. The number of aryl methyl sites for hydroxylation is 1. The number of allylic oxidation sites excluding steroid dienone is 1. The van der Waals surface area contributed by atoms with E-state index in [-0.39, 0.29) is 35.9 Å². The molecule has 40 heavy (non-hydrogen) atoms. The van der Waals surface area contributed by atoms with Crippen molar-refractivity contribution in [3.8, 4) is 0 Å². The second-order valence-electron chi connectivity index (χ2n) is 11.9. The van der Waals surface area contributed by atoms with Gasteiger partial charge in [-0.3, -0.25) is 24.2 Å². The van der Waals surface area contributed by atoms with Gasteiger partial charge in [-0.15, -0.1) is 0 Å². The predicted molar refractivity (Wildman–Crippen MR) is 156 cm³/mol. The molecule has 0 radical (unpaired) electrons. The Bertz CT molecular complexity index is 1290. The Labute approximate surface area is 236 Å². The summed E-state index contributed by atoms with van der Waals surface area (Å²) in [5.74, 6) is -0.282. The standard InChI is InChI=1S/C32H40N4O4/c1-22-8-10-23(11-9-22)31-30-25(20-32(2,3)21-27(30)37)34-24-6-4-5-7-26(24)36(31)29(39)13-12-28(38)33-14-15-35-16-18-40-19-17-35/h4-11,31,34H,12-21H2,1-3H3,(H,33,38). The van der Waals surface area contributed by atoms with E-state index >= 15 is 0 Å². The zero-order valence-electron chi connectivity index (χ0n) is 23.8. The molecule has 1 saturated heterocycles. The third-order valence-corrected chi connectivity index (χ3v) is 7.98. The number of anilines is 2. The number of hydrogen-bond donors (Lipinski definition) is 2. The number of ether oxygens (including phenoxy) is 1. The maximum absolute atomic E-state index is 14.1. The molecule has 212 valence electrons. The zero-order chi connectivity index (χ0) is 28.3. The van der Waals surface area contributed by atoms with Crippen molar-refractivity contribution in [2.24, 2.45) is 5.41 Å². The first kappa shape index (κ1) is 28.1. The quantitative estimate of drug-likeness (QED) is 0.538. The Morgan fingerprint density at radius 1 is 1.02 bits per heavy atom. The molecule has 8 nitrogen and oxygen atoms in total. The van der Waals surface area contributed by atoms with E-state index in [9.17, 15) is 14.4 Å². The van der Waals surface area contributed by atoms with Crippen molar-refractivity contribution in [3.05, 3.63) is 70.9 Å². The maximum Gasteiger partial charge on any atom is 0.228 e. The van der Waals surface area contributed by atoms with Gasteiger partial charge in [0.25, 0.3) is 0 Å². The molecule has 3 aliphatic rings. The van der Waals surface area contributed by atoms with Gasteiger partial charge in [0.2, 0.25) is 11.8 Å². The molecule has 1 unspecified atom stereocenters. The molecular formula is C32H40N4O4. The number of nitrogens with one attached hydrogen (secondary N) is 2. The van der Waals surface area contributed by atoms with E-state index in [1.54, 1.807) is 4.90 Å². The van der Waals surface area contributed by atoms with Gasteiger partial charge in [0.15, 0.2) is 5.78 Å². The normalized spacial score (nSPS) is 20.7. The van der Waals surface area contributed by atoms with Crippen molar-refractivity contribution in [1.82, 2.24) is 10.2 Å². The van der Waals surface area contributed by atoms with E-state index in [0.717, 1.165) is 55.4 Å². The smallest absolute Gasteiger partial charge is 0.228 e. The van der Waals surface area contributed by atoms with Gasteiger partial charge in [0.05, 0.1) is 30.6 Å². The van der Waals surface area contributed by atoms with Crippen LogP contribution < -0.4 is 15.5 Å². The number of carbonyl (C=O) groups is 3. The van der Waals surface area contributed by atoms with Gasteiger partial charge in [-0.1, -0.05) is 55.8 Å². The number of fused-ring (bicyclic) bond motifs is 1. The lowest BCUT2D eigenvalue weighted by atomic mass is 9.73. The summed E-state index contributed by atoms with van der Waals surface area (Å²) in [5, 5.41) is 6.50. The fourth-order valence-corrected chi connectivity index (χ4v) is 5.93. The largest absolute Gasteiger partial charge is 0.379 e. The van der Waals surface area contributed by atoms with E-state index in [1.165, 1.54) is 0 Å². The summed E-state index contributed by atoms with van der Waals surface area (Å²) in [4.78, 5) is 44.6. The van der Waals surface area contributed by atoms with E-state index < -0.39 is 6.04 Å². The van der Waals surface area contributed by atoms with Crippen molar-refractivity contribution in [2.75, 3.05) is 49.6 Å². The molecule has 1 fully saturated rings. The molecule has 0 bridgehead atoms. The van der Waals surface area contributed by atoms with E-state index in [0.29, 0.717) is 30.6 Å². The Balaban J connectivity index is 1.42. The van der Waals surface area contributed by atoms with Crippen molar-refractivity contribution in [2.45, 2.75) is 52.5 Å². The number of benzene rings is 2. The van der Waals surface area contributed by atoms with Gasteiger partial charge >= 0.3 is 0 Å². The molecule has 5 rings (SSSR count). The highest BCUT2D eigenvalue weighted by atomic mass is 16.5. The average molecular weight is 545 g/mol. The lowest BCUT2D eigenvalue weighted by molar-refractivity contribution is -0.125. The van der Waals surface area contributed by atoms with Crippen LogP contribution in [0.15, 0.2) is 59.8 Å². The van der Waals surface area contributed by atoms with Crippen LogP contribution in [0, 0.1) is 12.3 Å². The van der Waals surface area contributed by atoms with Crippen LogP contribution in [0.4, 0.5) is 11.4 Å². The summed E-state index contributed by atoms with van der Waals surface area (Å²) < 4.78 is 5.38. The molecular weight excluding hydrogens is 504 g/mol. The Kier molecular flexibility index (Phi) is 8.38. The highest BCUT2D eigenvalue weighted by Crippen LogP contribution is 2.48. The minimum Gasteiger partial charge on any atom is -0.379 e. The number of amides is 2. The third kappa shape index (κ3) is 6.29. The van der Waals surface area contributed by atoms with E-state index in [2.05, 4.69) is 29.4 Å². The van der Waals surface area contributed by atoms with Crippen LogP contribution >= 0.6 is 0 Å². The second-order valence-corrected chi connectivity index (χ2v) is 11.9. The lowest BCUT2D eigenvalue weighted by Crippen LogP contribution is -2.42. The van der Waals surface area contributed by atoms with Crippen molar-refractivity contribution in [3.63, 3.8) is 0 Å². The first-order chi connectivity index (χ1) is 19.2. The number of nitrogens with zero attached hydrogens (tertiary/aromatic N) is 2. The molecule has 2 N–H and O–H groups in total. The minimum atomic E-state index is -0.577. The summed E-state index contributed by atoms with van der Waals surface area (Å²) in [7, 11) is 0. The molecule has 2 aromatic carbocycles. The molecule has 2 aliphatic heterocycles. The van der Waals surface area contributed by atoms with Crippen LogP contribution in [0.25, 0.3) is 0 Å². The molecule has 1 atom stereocenters. The van der Waals surface area contributed by atoms with Gasteiger partial charge in [-0.2, -0.15) is 0 Å². The number of rotatable bonds is 7. The van der Waals surface area contributed by atoms with Gasteiger partial charge in [-0.05, 0) is 36.5 Å². The Morgan fingerprint density at radius 3 is 2.50 bits per heavy atom. The van der Waals surface area contributed by atoms with Gasteiger partial charge in [0, 0.05) is 56.7 Å². The van der Waals surface area contributed by atoms with E-state index in [1.807, 2.05) is 55.5 Å². The molecule has 0 aromatic heterocycles. The van der Waals surface area contributed by atoms with Gasteiger partial charge in [-0.25, -0.2) is 0 Å². The Hall–Kier alpha value is -3.49. The van der Waals surface area contributed by atoms with Crippen LogP contribution in [0.5, 0.6) is 0 Å². The van der Waals surface area contributed by atoms with Crippen molar-refractivity contribution in [1.29, 1.82) is 0 Å². The van der Waals surface area contributed by atoms with E-state index in [4.69, 9.17) is 4.74 Å². The summed E-state index contributed by atoms with van der Waals surface area (Å²) in [6.45, 7) is 10.7. The lowest BCUT2D eigenvalue weighted by Gasteiger charge is -2.37. The number of carbonyl (C=O) groups excluding carboxylic acids is 3. The number of hydrogen-bond acceptors (Lipinski definition) is 6. The summed E-state index contributed by atoms with van der Waals surface area (Å²) in [6.07, 6.45) is 1.25. The molecule has 2 aromatic rings. The van der Waals surface area contributed by atoms with Gasteiger partial charge < -0.3 is 15.4 Å². The fourth-order valence-electron chi connectivity index (χ4n) is 5.93. The molecule has 2 heterocycles. The van der Waals surface area contributed by atoms with Crippen LogP contribution in [0.3, 0.4) is 0 Å². The number of morpholine rings is 1. The first-order valence-corrected chi connectivity index (χ1v) is 14.3. The zero-order valence-corrected chi connectivity index (χ0v) is 23.8. The summed E-state index contributed by atoms with van der Waals surface area (Å²) in [6, 6.07) is 15.2. The molecule has 0 spiro atoms. The molecule has 1 aliphatic carbocycles. The average Bonchev–Trinajstić information content (AvgIpc) is 3.06. The van der Waals surface area contributed by atoms with Crippen molar-refractivity contribution < 1.29 is 19.1 Å². The SMILES string of the molecule is Cc1ccc(C2C3=C(CC(C)(C)CC3=O)Nc3ccccc3N2C(=O)CCC(=O)NCCN2CCOCC2)cc1. The monoisotopic (exact) mass is 544 g/mol.